The van der Waals surface area contributed by atoms with Gasteiger partial charge >= 0.3 is 0 Å². The summed E-state index contributed by atoms with van der Waals surface area (Å²) >= 11 is 2.09. The molecule has 2 heterocycles. The molecule has 22 heavy (non-hydrogen) atoms. The Morgan fingerprint density at radius 1 is 1.23 bits per heavy atom. The number of hydrogen-bond acceptors (Lipinski definition) is 4. The highest BCUT2D eigenvalue weighted by Crippen LogP contribution is 2.42. The molecule has 120 valence electrons. The molecule has 0 aromatic heterocycles. The van der Waals surface area contributed by atoms with Crippen LogP contribution >= 0.6 is 11.8 Å². The van der Waals surface area contributed by atoms with Crippen LogP contribution in [-0.2, 0) is 0 Å². The van der Waals surface area contributed by atoms with Gasteiger partial charge in [-0.2, -0.15) is 11.8 Å². The van der Waals surface area contributed by atoms with Crippen molar-refractivity contribution in [1.29, 1.82) is 0 Å². The Labute approximate surface area is 137 Å². The van der Waals surface area contributed by atoms with Crippen molar-refractivity contribution in [3.8, 4) is 5.75 Å². The predicted octanol–water partition coefficient (Wildman–Crippen LogP) is 3.07. The van der Waals surface area contributed by atoms with Gasteiger partial charge in [-0.1, -0.05) is 12.1 Å². The van der Waals surface area contributed by atoms with Crippen molar-refractivity contribution < 1.29 is 4.74 Å². The maximum atomic E-state index is 5.45. The summed E-state index contributed by atoms with van der Waals surface area (Å²) in [5.74, 6) is 3.58. The number of nitrogens with zero attached hydrogens (tertiary/aromatic N) is 1. The number of rotatable bonds is 5. The van der Waals surface area contributed by atoms with Gasteiger partial charge in [0.2, 0.25) is 0 Å². The fourth-order valence-electron chi connectivity index (χ4n) is 4.02. The summed E-state index contributed by atoms with van der Waals surface area (Å²) in [4.78, 5) is 2.74. The standard InChI is InChI=1S/C18H26N2OS/c1-21-16-4-2-3-13(11-16)18-17(19-14-8-10-22-12-14)7-9-20(18)15-5-6-15/h2-4,11,14-15,17-19H,5-10,12H2,1H3/t14-,17-,18+/m0/s1. The summed E-state index contributed by atoms with van der Waals surface area (Å²) < 4.78 is 5.45. The predicted molar refractivity (Wildman–Crippen MR) is 92.7 cm³/mol. The van der Waals surface area contributed by atoms with Crippen LogP contribution in [0.15, 0.2) is 24.3 Å². The summed E-state index contributed by atoms with van der Waals surface area (Å²) in [6, 6.07) is 11.4. The molecular formula is C18H26N2OS. The summed E-state index contributed by atoms with van der Waals surface area (Å²) in [7, 11) is 1.76. The zero-order valence-corrected chi connectivity index (χ0v) is 14.1. The average Bonchev–Trinajstić information content (AvgIpc) is 3.11. The first-order chi connectivity index (χ1) is 10.8. The summed E-state index contributed by atoms with van der Waals surface area (Å²) in [6.45, 7) is 1.24. The number of nitrogens with one attached hydrogen (secondary N) is 1. The minimum Gasteiger partial charge on any atom is -0.497 e. The zero-order valence-electron chi connectivity index (χ0n) is 13.3. The molecule has 0 unspecified atom stereocenters. The van der Waals surface area contributed by atoms with Crippen LogP contribution < -0.4 is 10.1 Å². The van der Waals surface area contributed by atoms with Gasteiger partial charge in [-0.15, -0.1) is 0 Å². The molecule has 3 fully saturated rings. The molecule has 0 bridgehead atoms. The highest BCUT2D eigenvalue weighted by atomic mass is 32.2. The molecule has 0 radical (unpaired) electrons. The number of thioether (sulfide) groups is 1. The third-order valence-corrected chi connectivity index (χ3v) is 6.43. The molecule has 4 rings (SSSR count). The van der Waals surface area contributed by atoms with E-state index in [1.165, 1.54) is 49.3 Å². The SMILES string of the molecule is COc1cccc([C@@H]2[C@@H](N[C@H]3CCSC3)CCN2C2CC2)c1. The lowest BCUT2D eigenvalue weighted by Gasteiger charge is -2.31. The van der Waals surface area contributed by atoms with Gasteiger partial charge in [0.05, 0.1) is 13.2 Å². The highest BCUT2D eigenvalue weighted by molar-refractivity contribution is 7.99. The maximum Gasteiger partial charge on any atom is 0.119 e. The van der Waals surface area contributed by atoms with Gasteiger partial charge in [0.15, 0.2) is 0 Å². The molecule has 3 nitrogen and oxygen atoms in total. The highest BCUT2D eigenvalue weighted by Gasteiger charge is 2.43. The molecule has 4 heteroatoms. The Bertz CT molecular complexity index is 514. The minimum atomic E-state index is 0.521. The molecule has 0 spiro atoms. The molecule has 0 amide bonds. The lowest BCUT2D eigenvalue weighted by atomic mass is 9.98. The summed E-state index contributed by atoms with van der Waals surface area (Å²) in [5, 5.41) is 3.97. The molecule has 1 aromatic rings. The van der Waals surface area contributed by atoms with Crippen molar-refractivity contribution in [3.05, 3.63) is 29.8 Å². The van der Waals surface area contributed by atoms with Gasteiger partial charge in [0.1, 0.15) is 5.75 Å². The van der Waals surface area contributed by atoms with Crippen molar-refractivity contribution >= 4 is 11.8 Å². The monoisotopic (exact) mass is 318 g/mol. The van der Waals surface area contributed by atoms with Gasteiger partial charge in [-0.25, -0.2) is 0 Å². The maximum absolute atomic E-state index is 5.45. The van der Waals surface area contributed by atoms with Crippen LogP contribution in [0.2, 0.25) is 0 Å². The first-order valence-electron chi connectivity index (χ1n) is 8.58. The Morgan fingerprint density at radius 2 is 2.14 bits per heavy atom. The number of likely N-dealkylation sites (tertiary alicyclic amines) is 1. The van der Waals surface area contributed by atoms with Crippen molar-refractivity contribution in [3.63, 3.8) is 0 Å². The Morgan fingerprint density at radius 3 is 2.86 bits per heavy atom. The normalized spacial score (nSPS) is 32.5. The van der Waals surface area contributed by atoms with Gasteiger partial charge in [0, 0.05) is 30.4 Å². The third kappa shape index (κ3) is 3.01. The van der Waals surface area contributed by atoms with E-state index >= 15 is 0 Å². The molecule has 3 atom stereocenters. The number of ether oxygens (including phenoxy) is 1. The lowest BCUT2D eigenvalue weighted by molar-refractivity contribution is 0.222. The van der Waals surface area contributed by atoms with Crippen molar-refractivity contribution in [2.45, 2.75) is 49.9 Å². The van der Waals surface area contributed by atoms with Crippen LogP contribution in [0.25, 0.3) is 0 Å². The van der Waals surface area contributed by atoms with Crippen LogP contribution in [0, 0.1) is 0 Å². The molecular weight excluding hydrogens is 292 g/mol. The Hall–Kier alpha value is -0.710. The van der Waals surface area contributed by atoms with E-state index in [4.69, 9.17) is 4.74 Å². The van der Waals surface area contributed by atoms with Crippen LogP contribution in [0.4, 0.5) is 0 Å². The smallest absolute Gasteiger partial charge is 0.119 e. The summed E-state index contributed by atoms with van der Waals surface area (Å²) in [5.41, 5.74) is 1.42. The van der Waals surface area contributed by atoms with Gasteiger partial charge < -0.3 is 10.1 Å². The van der Waals surface area contributed by atoms with Crippen LogP contribution in [-0.4, -0.2) is 48.2 Å². The molecule has 2 saturated heterocycles. The van der Waals surface area contributed by atoms with Crippen molar-refractivity contribution in [1.82, 2.24) is 10.2 Å². The number of methoxy groups -OCH3 is 1. The van der Waals surface area contributed by atoms with Gasteiger partial charge in [-0.3, -0.25) is 4.90 Å². The second kappa shape index (κ2) is 6.42. The fraction of sp³-hybridized carbons (Fsp3) is 0.667. The van der Waals surface area contributed by atoms with Gasteiger partial charge in [0.25, 0.3) is 0 Å². The third-order valence-electron chi connectivity index (χ3n) is 5.27. The minimum absolute atomic E-state index is 0.521. The molecule has 1 aromatic carbocycles. The number of benzene rings is 1. The van der Waals surface area contributed by atoms with Crippen molar-refractivity contribution in [2.75, 3.05) is 25.2 Å². The van der Waals surface area contributed by atoms with Crippen molar-refractivity contribution in [2.24, 2.45) is 0 Å². The Kier molecular flexibility index (Phi) is 4.34. The number of hydrogen-bond donors (Lipinski definition) is 1. The first-order valence-corrected chi connectivity index (χ1v) is 9.74. The first kappa shape index (κ1) is 14.9. The van der Waals surface area contributed by atoms with E-state index in [1.54, 1.807) is 7.11 Å². The van der Waals surface area contributed by atoms with E-state index in [0.717, 1.165) is 11.8 Å². The van der Waals surface area contributed by atoms with Crippen LogP contribution in [0.3, 0.4) is 0 Å². The second-order valence-corrected chi connectivity index (χ2v) is 7.96. The Balaban J connectivity index is 1.57. The molecule has 2 aliphatic heterocycles. The van der Waals surface area contributed by atoms with E-state index in [1.807, 2.05) is 0 Å². The average molecular weight is 318 g/mol. The van der Waals surface area contributed by atoms with Crippen LogP contribution in [0.1, 0.15) is 37.3 Å². The zero-order chi connectivity index (χ0) is 14.9. The molecule has 1 N–H and O–H groups in total. The van der Waals surface area contributed by atoms with E-state index in [0.29, 0.717) is 18.1 Å². The van der Waals surface area contributed by atoms with Gasteiger partial charge in [-0.05, 0) is 49.1 Å². The molecule has 1 aliphatic carbocycles. The second-order valence-electron chi connectivity index (χ2n) is 6.81. The molecule has 3 aliphatic rings. The lowest BCUT2D eigenvalue weighted by Crippen LogP contribution is -2.42. The van der Waals surface area contributed by atoms with E-state index in [9.17, 15) is 0 Å². The molecule has 1 saturated carbocycles. The van der Waals surface area contributed by atoms with Crippen LogP contribution in [0.5, 0.6) is 5.75 Å². The van der Waals surface area contributed by atoms with E-state index in [-0.39, 0.29) is 0 Å². The van der Waals surface area contributed by atoms with E-state index < -0.39 is 0 Å². The van der Waals surface area contributed by atoms with E-state index in [2.05, 4.69) is 46.2 Å². The fourth-order valence-corrected chi connectivity index (χ4v) is 5.19. The topological polar surface area (TPSA) is 24.5 Å². The largest absolute Gasteiger partial charge is 0.497 e. The quantitative estimate of drug-likeness (QED) is 0.902. The summed E-state index contributed by atoms with van der Waals surface area (Å²) in [6.07, 6.45) is 5.37.